The summed E-state index contributed by atoms with van der Waals surface area (Å²) in [5, 5.41) is 0. The Hall–Kier alpha value is -1.57. The monoisotopic (exact) mass is 187 g/mol. The molecule has 2 rings (SSSR count). The molecule has 0 bridgehead atoms. The molecule has 0 radical (unpaired) electrons. The van der Waals surface area contributed by atoms with E-state index in [1.807, 2.05) is 30.3 Å². The van der Waals surface area contributed by atoms with E-state index in [-0.39, 0.29) is 0 Å². The first-order valence-corrected chi connectivity index (χ1v) is 4.90. The number of rotatable bonds is 3. The molecule has 0 spiro atoms. The summed E-state index contributed by atoms with van der Waals surface area (Å²) in [6.45, 7) is 2.12. The zero-order valence-electron chi connectivity index (χ0n) is 8.23. The lowest BCUT2D eigenvalue weighted by atomic mass is 10.2. The molecule has 2 nitrogen and oxygen atoms in total. The Bertz CT molecular complexity index is 392. The Morgan fingerprint density at radius 3 is 2.71 bits per heavy atom. The van der Waals surface area contributed by atoms with E-state index in [0.717, 1.165) is 30.0 Å². The van der Waals surface area contributed by atoms with Gasteiger partial charge >= 0.3 is 0 Å². The minimum atomic E-state index is 0.825. The third-order valence-electron chi connectivity index (χ3n) is 2.09. The molecule has 0 aliphatic carbocycles. The second-order valence-corrected chi connectivity index (χ2v) is 3.24. The van der Waals surface area contributed by atoms with Crippen molar-refractivity contribution in [2.24, 2.45) is 0 Å². The molecule has 0 fully saturated rings. The Balaban J connectivity index is 2.25. The van der Waals surface area contributed by atoms with E-state index in [4.69, 9.17) is 4.42 Å². The molecule has 0 saturated carbocycles. The average Bonchev–Trinajstić information content (AvgIpc) is 2.68. The van der Waals surface area contributed by atoms with Crippen LogP contribution in [0.3, 0.4) is 0 Å². The van der Waals surface area contributed by atoms with Crippen molar-refractivity contribution in [1.29, 1.82) is 0 Å². The molecule has 2 heteroatoms. The lowest BCUT2D eigenvalue weighted by molar-refractivity contribution is 0.491. The zero-order chi connectivity index (χ0) is 9.80. The predicted octanol–water partition coefficient (Wildman–Crippen LogP) is 3.29. The summed E-state index contributed by atoms with van der Waals surface area (Å²) in [6, 6.07) is 10.1. The van der Waals surface area contributed by atoms with Gasteiger partial charge in [-0.1, -0.05) is 37.3 Å². The molecule has 0 aliphatic rings. The third kappa shape index (κ3) is 1.84. The van der Waals surface area contributed by atoms with Crippen molar-refractivity contribution in [3.05, 3.63) is 42.5 Å². The van der Waals surface area contributed by atoms with Gasteiger partial charge in [0, 0.05) is 12.0 Å². The minimum absolute atomic E-state index is 0.825. The highest BCUT2D eigenvalue weighted by molar-refractivity contribution is 5.57. The van der Waals surface area contributed by atoms with Gasteiger partial charge in [0.2, 0.25) is 0 Å². The van der Waals surface area contributed by atoms with Gasteiger partial charge in [0.15, 0.2) is 5.89 Å². The van der Waals surface area contributed by atoms with Gasteiger partial charge in [0.1, 0.15) is 12.0 Å². The molecule has 0 amide bonds. The lowest BCUT2D eigenvalue weighted by Crippen LogP contribution is -1.82. The Labute approximate surface area is 83.6 Å². The number of aryl methyl sites for hydroxylation is 1. The Morgan fingerprint density at radius 1 is 1.21 bits per heavy atom. The smallest absolute Gasteiger partial charge is 0.194 e. The molecule has 14 heavy (non-hydrogen) atoms. The summed E-state index contributed by atoms with van der Waals surface area (Å²) >= 11 is 0. The molecular formula is C12H13NO. The highest BCUT2D eigenvalue weighted by Gasteiger charge is 2.03. The van der Waals surface area contributed by atoms with Gasteiger partial charge in [-0.25, -0.2) is 4.98 Å². The fourth-order valence-electron chi connectivity index (χ4n) is 1.38. The molecule has 0 unspecified atom stereocenters. The quantitative estimate of drug-likeness (QED) is 0.736. The summed E-state index contributed by atoms with van der Waals surface area (Å²) in [7, 11) is 0. The van der Waals surface area contributed by atoms with Gasteiger partial charge in [-0.2, -0.15) is 0 Å². The topological polar surface area (TPSA) is 26.0 Å². The maximum atomic E-state index is 5.35. The van der Waals surface area contributed by atoms with Crippen molar-refractivity contribution in [3.8, 4) is 11.3 Å². The third-order valence-corrected chi connectivity index (χ3v) is 2.09. The number of hydrogen-bond donors (Lipinski definition) is 0. The largest absolute Gasteiger partial charge is 0.448 e. The fourth-order valence-corrected chi connectivity index (χ4v) is 1.38. The first-order chi connectivity index (χ1) is 6.90. The number of hydrogen-bond acceptors (Lipinski definition) is 2. The van der Waals surface area contributed by atoms with E-state index in [0.29, 0.717) is 0 Å². The van der Waals surface area contributed by atoms with Crippen LogP contribution >= 0.6 is 0 Å². The Morgan fingerprint density at radius 2 is 2.00 bits per heavy atom. The van der Waals surface area contributed by atoms with Crippen LogP contribution in [-0.4, -0.2) is 4.98 Å². The van der Waals surface area contributed by atoms with Crippen molar-refractivity contribution in [3.63, 3.8) is 0 Å². The van der Waals surface area contributed by atoms with E-state index in [9.17, 15) is 0 Å². The van der Waals surface area contributed by atoms with Crippen LogP contribution in [0.5, 0.6) is 0 Å². The van der Waals surface area contributed by atoms with Crippen LogP contribution in [0.2, 0.25) is 0 Å². The van der Waals surface area contributed by atoms with Crippen LogP contribution < -0.4 is 0 Å². The van der Waals surface area contributed by atoms with Crippen molar-refractivity contribution >= 4 is 0 Å². The molecule has 0 aliphatic heterocycles. The number of oxazole rings is 1. The van der Waals surface area contributed by atoms with Gasteiger partial charge in [-0.15, -0.1) is 0 Å². The van der Waals surface area contributed by atoms with E-state index >= 15 is 0 Å². The van der Waals surface area contributed by atoms with E-state index in [1.165, 1.54) is 0 Å². The molecule has 1 aromatic carbocycles. The molecule has 0 saturated heterocycles. The molecule has 1 heterocycles. The van der Waals surface area contributed by atoms with Gasteiger partial charge in [-0.3, -0.25) is 0 Å². The molecule has 72 valence electrons. The van der Waals surface area contributed by atoms with Gasteiger partial charge in [0.05, 0.1) is 0 Å². The van der Waals surface area contributed by atoms with Gasteiger partial charge < -0.3 is 4.42 Å². The van der Waals surface area contributed by atoms with Gasteiger partial charge in [0.25, 0.3) is 0 Å². The van der Waals surface area contributed by atoms with Crippen molar-refractivity contribution in [2.45, 2.75) is 19.8 Å². The molecular weight excluding hydrogens is 174 g/mol. The van der Waals surface area contributed by atoms with Crippen molar-refractivity contribution in [1.82, 2.24) is 4.98 Å². The maximum Gasteiger partial charge on any atom is 0.194 e. The fraction of sp³-hybridized carbons (Fsp3) is 0.250. The lowest BCUT2D eigenvalue weighted by Gasteiger charge is -1.92. The van der Waals surface area contributed by atoms with Crippen LogP contribution in [0.15, 0.2) is 41.0 Å². The van der Waals surface area contributed by atoms with Gasteiger partial charge in [-0.05, 0) is 6.42 Å². The predicted molar refractivity (Wildman–Crippen MR) is 55.9 cm³/mol. The van der Waals surface area contributed by atoms with E-state index < -0.39 is 0 Å². The van der Waals surface area contributed by atoms with Crippen LogP contribution in [0.4, 0.5) is 0 Å². The SMILES string of the molecule is CCCc1nc(-c2ccccc2)co1. The van der Waals surface area contributed by atoms with Crippen LogP contribution in [0.25, 0.3) is 11.3 Å². The summed E-state index contributed by atoms with van der Waals surface area (Å²) in [4.78, 5) is 4.40. The van der Waals surface area contributed by atoms with Crippen LogP contribution in [0.1, 0.15) is 19.2 Å². The second-order valence-electron chi connectivity index (χ2n) is 3.24. The van der Waals surface area contributed by atoms with Crippen molar-refractivity contribution < 1.29 is 4.42 Å². The minimum Gasteiger partial charge on any atom is -0.448 e. The summed E-state index contributed by atoms with van der Waals surface area (Å²) < 4.78 is 5.35. The first-order valence-electron chi connectivity index (χ1n) is 4.90. The molecule has 1 aromatic heterocycles. The number of nitrogens with zero attached hydrogens (tertiary/aromatic N) is 1. The van der Waals surface area contributed by atoms with Crippen molar-refractivity contribution in [2.75, 3.05) is 0 Å². The zero-order valence-corrected chi connectivity index (χ0v) is 8.23. The maximum absolute atomic E-state index is 5.35. The molecule has 0 atom stereocenters. The average molecular weight is 187 g/mol. The first kappa shape index (κ1) is 9.00. The standard InChI is InChI=1S/C12H13NO/c1-2-6-12-13-11(9-14-12)10-7-4-3-5-8-10/h3-5,7-9H,2,6H2,1H3. The highest BCUT2D eigenvalue weighted by Crippen LogP contribution is 2.18. The molecule has 2 aromatic rings. The van der Waals surface area contributed by atoms with E-state index in [1.54, 1.807) is 6.26 Å². The summed E-state index contributed by atoms with van der Waals surface area (Å²) in [6.07, 6.45) is 3.70. The normalized spacial score (nSPS) is 10.4. The number of benzene rings is 1. The summed E-state index contributed by atoms with van der Waals surface area (Å²) in [5.74, 6) is 0.825. The Kier molecular flexibility index (Phi) is 2.63. The van der Waals surface area contributed by atoms with Crippen LogP contribution in [0, 0.1) is 0 Å². The second kappa shape index (κ2) is 4.09. The summed E-state index contributed by atoms with van der Waals surface area (Å²) in [5.41, 5.74) is 2.03. The molecule has 0 N–H and O–H groups in total. The number of aromatic nitrogens is 1. The van der Waals surface area contributed by atoms with Crippen LogP contribution in [-0.2, 0) is 6.42 Å². The van der Waals surface area contributed by atoms with E-state index in [2.05, 4.69) is 11.9 Å². The highest BCUT2D eigenvalue weighted by atomic mass is 16.3.